The fraction of sp³-hybridized carbons (Fsp3) is 0.0417. The van der Waals surface area contributed by atoms with E-state index in [0.717, 1.165) is 31.4 Å². The monoisotopic (exact) mass is 535 g/mol. The van der Waals surface area contributed by atoms with Crippen molar-refractivity contribution in [2.45, 2.75) is 6.92 Å². The molecule has 1 amide bonds. The molecule has 0 saturated heterocycles. The molecule has 0 aliphatic carbocycles. The summed E-state index contributed by atoms with van der Waals surface area (Å²) in [6, 6.07) is 18.6. The molecule has 0 atom stereocenters. The molecule has 1 aliphatic heterocycles. The van der Waals surface area contributed by atoms with Crippen molar-refractivity contribution < 1.29 is 4.79 Å². The Morgan fingerprint density at radius 1 is 0.968 bits per heavy atom. The molecule has 0 unspecified atom stereocenters. The van der Waals surface area contributed by atoms with Crippen LogP contribution in [-0.2, 0) is 4.79 Å². The smallest absolute Gasteiger partial charge is 0.266 e. The highest BCUT2D eigenvalue weighted by molar-refractivity contribution is 9.10. The van der Waals surface area contributed by atoms with E-state index in [2.05, 4.69) is 37.2 Å². The van der Waals surface area contributed by atoms with Gasteiger partial charge in [-0.25, -0.2) is 4.98 Å². The van der Waals surface area contributed by atoms with Gasteiger partial charge in [0.15, 0.2) is 0 Å². The summed E-state index contributed by atoms with van der Waals surface area (Å²) in [7, 11) is 0. The van der Waals surface area contributed by atoms with Crippen molar-refractivity contribution >= 4 is 66.0 Å². The second-order valence-electron chi connectivity index (χ2n) is 7.26. The van der Waals surface area contributed by atoms with Crippen molar-refractivity contribution in [3.8, 4) is 5.69 Å². The Hall–Kier alpha value is -3.03. The molecule has 3 aromatic carbocycles. The zero-order chi connectivity index (χ0) is 21.7. The highest BCUT2D eigenvalue weighted by atomic mass is 79.9. The first-order valence-electron chi connectivity index (χ1n) is 9.54. The maximum Gasteiger partial charge on any atom is 0.266 e. The van der Waals surface area contributed by atoms with Crippen LogP contribution >= 0.6 is 31.9 Å². The highest BCUT2D eigenvalue weighted by Crippen LogP contribution is 2.35. The van der Waals surface area contributed by atoms with Crippen LogP contribution in [0.1, 0.15) is 17.0 Å². The Balaban J connectivity index is 1.85. The van der Waals surface area contributed by atoms with Gasteiger partial charge in [0.2, 0.25) is 0 Å². The average Bonchev–Trinajstić information content (AvgIpc) is 3.04. The molecule has 1 aliphatic rings. The lowest BCUT2D eigenvalue weighted by Crippen LogP contribution is -2.23. The van der Waals surface area contributed by atoms with Gasteiger partial charge in [-0.15, -0.1) is 0 Å². The van der Waals surface area contributed by atoms with Crippen LogP contribution in [0.2, 0.25) is 0 Å². The molecule has 0 saturated carbocycles. The van der Waals surface area contributed by atoms with Crippen molar-refractivity contribution in [3.63, 3.8) is 0 Å². The van der Waals surface area contributed by atoms with Crippen molar-refractivity contribution in [3.05, 3.63) is 96.9 Å². The van der Waals surface area contributed by atoms with Crippen molar-refractivity contribution in [1.82, 2.24) is 9.55 Å². The third-order valence-corrected chi connectivity index (χ3v) is 6.24. The minimum absolute atomic E-state index is 0.194. The topological polar surface area (TPSA) is 64.0 Å². The molecule has 0 spiro atoms. The fourth-order valence-electron chi connectivity index (χ4n) is 3.75. The number of rotatable bonds is 2. The maximum atomic E-state index is 13.6. The van der Waals surface area contributed by atoms with E-state index in [0.29, 0.717) is 22.3 Å². The number of anilines is 1. The van der Waals surface area contributed by atoms with E-state index in [1.54, 1.807) is 22.8 Å². The van der Waals surface area contributed by atoms with Gasteiger partial charge in [-0.3, -0.25) is 14.2 Å². The number of hydrogen-bond acceptors (Lipinski definition) is 3. The predicted molar refractivity (Wildman–Crippen MR) is 130 cm³/mol. The minimum Gasteiger partial charge on any atom is -0.321 e. The number of halogens is 2. The molecule has 1 aromatic heterocycles. The molecule has 0 bridgehead atoms. The van der Waals surface area contributed by atoms with E-state index in [-0.39, 0.29) is 11.5 Å². The number of carbonyl (C=O) groups is 1. The molecule has 1 N–H and O–H groups in total. The quantitative estimate of drug-likeness (QED) is 0.334. The van der Waals surface area contributed by atoms with E-state index in [1.165, 1.54) is 0 Å². The number of hydrogen-bond donors (Lipinski definition) is 1. The maximum absolute atomic E-state index is 13.6. The number of nitrogens with one attached hydrogen (secondary N) is 1. The molecule has 31 heavy (non-hydrogen) atoms. The third-order valence-electron chi connectivity index (χ3n) is 5.25. The Kier molecular flexibility index (Phi) is 4.87. The van der Waals surface area contributed by atoms with Crippen LogP contribution in [0.4, 0.5) is 5.69 Å². The van der Waals surface area contributed by atoms with E-state index < -0.39 is 0 Å². The summed E-state index contributed by atoms with van der Waals surface area (Å²) in [6.07, 6.45) is 1.68. The largest absolute Gasteiger partial charge is 0.321 e. The molecule has 7 heteroatoms. The predicted octanol–water partition coefficient (Wildman–Crippen LogP) is 5.71. The molecule has 0 fully saturated rings. The Labute approximate surface area is 194 Å². The number of amides is 1. The zero-order valence-corrected chi connectivity index (χ0v) is 19.5. The Bertz CT molecular complexity index is 1490. The van der Waals surface area contributed by atoms with Crippen molar-refractivity contribution in [2.75, 3.05) is 5.32 Å². The number of para-hydroxylation sites is 1. The Morgan fingerprint density at radius 2 is 1.71 bits per heavy atom. The standard InChI is InChI=1S/C24H15Br2N3O2/c1-13-4-2-3-5-21(13)29-22(27-20-9-7-15(26)11-18(20)24(29)31)12-17-16-10-14(25)6-8-19(16)28-23(17)30/h2-12H,1H3,(H,28,30). The molecule has 4 aromatic rings. The third kappa shape index (κ3) is 3.43. The summed E-state index contributed by atoms with van der Waals surface area (Å²) >= 11 is 6.91. The lowest BCUT2D eigenvalue weighted by molar-refractivity contribution is -0.110. The van der Waals surface area contributed by atoms with Gasteiger partial charge in [-0.05, 0) is 61.0 Å². The first kappa shape index (κ1) is 19.9. The minimum atomic E-state index is -0.227. The summed E-state index contributed by atoms with van der Waals surface area (Å²) in [4.78, 5) is 31.1. The van der Waals surface area contributed by atoms with Gasteiger partial charge in [-0.2, -0.15) is 0 Å². The molecule has 152 valence electrons. The molecule has 0 radical (unpaired) electrons. The highest BCUT2D eigenvalue weighted by Gasteiger charge is 2.25. The van der Waals surface area contributed by atoms with Crippen molar-refractivity contribution in [1.29, 1.82) is 0 Å². The molecular weight excluding hydrogens is 522 g/mol. The second kappa shape index (κ2) is 7.59. The van der Waals surface area contributed by atoms with E-state index in [4.69, 9.17) is 4.98 Å². The number of benzene rings is 3. The number of aromatic nitrogens is 2. The number of carbonyl (C=O) groups excluding carboxylic acids is 1. The summed E-state index contributed by atoms with van der Waals surface area (Å²) < 4.78 is 3.23. The second-order valence-corrected chi connectivity index (χ2v) is 9.09. The Morgan fingerprint density at radius 3 is 2.52 bits per heavy atom. The summed E-state index contributed by atoms with van der Waals surface area (Å²) in [5.41, 5.74) is 3.98. The molecule has 5 rings (SSSR count). The van der Waals surface area contributed by atoms with Gasteiger partial charge in [0.25, 0.3) is 11.5 Å². The SMILES string of the molecule is Cc1ccccc1-n1c(C=C2C(=O)Nc3ccc(Br)cc32)nc2ccc(Br)cc2c1=O. The van der Waals surface area contributed by atoms with Gasteiger partial charge in [0.05, 0.1) is 22.2 Å². The van der Waals surface area contributed by atoms with E-state index >= 15 is 0 Å². The first-order valence-corrected chi connectivity index (χ1v) is 11.1. The van der Waals surface area contributed by atoms with Gasteiger partial charge in [0.1, 0.15) is 5.82 Å². The summed E-state index contributed by atoms with van der Waals surface area (Å²) in [5.74, 6) is 0.168. The normalized spacial score (nSPS) is 14.2. The van der Waals surface area contributed by atoms with Crippen molar-refractivity contribution in [2.24, 2.45) is 0 Å². The molecule has 5 nitrogen and oxygen atoms in total. The summed E-state index contributed by atoms with van der Waals surface area (Å²) in [5, 5.41) is 3.37. The van der Waals surface area contributed by atoms with Crippen LogP contribution in [-0.4, -0.2) is 15.5 Å². The van der Waals surface area contributed by atoms with E-state index in [9.17, 15) is 9.59 Å². The molecule has 2 heterocycles. The van der Waals surface area contributed by atoms with E-state index in [1.807, 2.05) is 55.5 Å². The first-order chi connectivity index (χ1) is 14.9. The van der Waals surface area contributed by atoms with Crippen LogP contribution in [0.15, 0.2) is 74.4 Å². The van der Waals surface area contributed by atoms with Crippen LogP contribution in [0.3, 0.4) is 0 Å². The fourth-order valence-corrected chi connectivity index (χ4v) is 4.47. The van der Waals surface area contributed by atoms with Gasteiger partial charge in [0, 0.05) is 20.2 Å². The van der Waals surface area contributed by atoms with Crippen LogP contribution < -0.4 is 10.9 Å². The number of fused-ring (bicyclic) bond motifs is 2. The summed E-state index contributed by atoms with van der Waals surface area (Å²) in [6.45, 7) is 1.94. The zero-order valence-electron chi connectivity index (χ0n) is 16.3. The lowest BCUT2D eigenvalue weighted by Gasteiger charge is -2.14. The van der Waals surface area contributed by atoms with Crippen LogP contribution in [0.25, 0.3) is 28.2 Å². The number of aryl methyl sites for hydroxylation is 1. The van der Waals surface area contributed by atoms with Crippen LogP contribution in [0.5, 0.6) is 0 Å². The van der Waals surface area contributed by atoms with Crippen LogP contribution in [0, 0.1) is 6.92 Å². The van der Waals surface area contributed by atoms with Gasteiger partial charge < -0.3 is 5.32 Å². The lowest BCUT2D eigenvalue weighted by atomic mass is 10.1. The molecular formula is C24H15Br2N3O2. The number of nitrogens with zero attached hydrogens (tertiary/aromatic N) is 2. The van der Waals surface area contributed by atoms with Gasteiger partial charge >= 0.3 is 0 Å². The average molecular weight is 537 g/mol. The van der Waals surface area contributed by atoms with Gasteiger partial charge in [-0.1, -0.05) is 50.1 Å².